The average molecular weight is 991 g/mol. The van der Waals surface area contributed by atoms with Crippen LogP contribution in [-0.4, -0.2) is 68.3 Å². The van der Waals surface area contributed by atoms with Gasteiger partial charge in [0.05, 0.1) is 6.10 Å². The lowest BCUT2D eigenvalue weighted by molar-refractivity contribution is -0.160. The fourth-order valence-corrected chi connectivity index (χ4v) is 21.7. The van der Waals surface area contributed by atoms with Gasteiger partial charge in [-0.3, -0.25) is 28.8 Å². The van der Waals surface area contributed by atoms with Gasteiger partial charge in [-0.05, 0) is 241 Å². The second-order valence-electron chi connectivity index (χ2n) is 28.1. The normalized spacial score (nSPS) is 49.5. The molecule has 0 spiro atoms. The highest BCUT2D eigenvalue weighted by Crippen LogP contribution is 2.70. The summed E-state index contributed by atoms with van der Waals surface area (Å²) in [7, 11) is 0. The van der Waals surface area contributed by atoms with Crippen molar-refractivity contribution in [2.24, 2.45) is 97.6 Å². The molecule has 12 aliphatic carbocycles. The quantitative estimate of drug-likeness (QED) is 0.249. The van der Waals surface area contributed by atoms with Crippen LogP contribution in [0.2, 0.25) is 0 Å². The van der Waals surface area contributed by atoms with Crippen molar-refractivity contribution < 1.29 is 44.1 Å². The molecule has 0 bridgehead atoms. The Kier molecular flexibility index (Phi) is 13.4. The van der Waals surface area contributed by atoms with Gasteiger partial charge in [0.1, 0.15) is 18.0 Å². The number of fused-ring (bicyclic) bond motifs is 15. The lowest BCUT2D eigenvalue weighted by Gasteiger charge is -2.59. The lowest BCUT2D eigenvalue weighted by atomic mass is 9.46. The van der Waals surface area contributed by atoms with Crippen molar-refractivity contribution in [1.29, 1.82) is 0 Å². The zero-order valence-corrected chi connectivity index (χ0v) is 45.4. The Hall–Kier alpha value is -2.88. The number of hydrogen-bond acceptors (Lipinski definition) is 9. The number of carbonyl (C=O) groups excluding carboxylic acids is 6. The fourth-order valence-electron chi connectivity index (χ4n) is 21.7. The Morgan fingerprint density at radius 1 is 0.514 bits per heavy atom. The summed E-state index contributed by atoms with van der Waals surface area (Å²) in [5.74, 6) is 6.31. The molecule has 0 aromatic heterocycles. The second kappa shape index (κ2) is 18.4. The standard InChI is InChI=1S/3C21H30O3/c1-13(22)21(24)11-8-18-16-5-4-14-12-15(23)6-9-19(14,2)17(16)7-10-20(18,21)3;1-12(22)16-6-7-17-15-5-4-13-10-14(23)8-9-20(13,2)19(15)18(24)11-21(16,17)3;1-20-9-7-14(23)11-13(20)3-4-15-16-5-6-18(19(24)12-22)21(16,2)10-8-17(15)20/h12,16-18,24H,4-11H2,1-3H3;10,15-19,24H,4-9,11H2,1-3H3;11,15-18,22H,3-10,12H2,1-2H3/t16-,17+,18+,19+,20+,21+;15-,16+,17-,18?,19+,20-,21+;15-,16-,17-,18+,20-,21-/m100/s1. The van der Waals surface area contributed by atoms with Crippen LogP contribution in [0.15, 0.2) is 34.9 Å². The van der Waals surface area contributed by atoms with Crippen LogP contribution < -0.4 is 0 Å². The monoisotopic (exact) mass is 991 g/mol. The van der Waals surface area contributed by atoms with Crippen LogP contribution in [0.1, 0.15) is 203 Å². The van der Waals surface area contributed by atoms with Crippen LogP contribution in [-0.2, 0) is 28.8 Å². The first kappa shape index (κ1) is 52.6. The van der Waals surface area contributed by atoms with Crippen LogP contribution >= 0.6 is 0 Å². The molecule has 1 unspecified atom stereocenters. The Bertz CT molecular complexity index is 2370. The molecule has 9 fully saturated rings. The van der Waals surface area contributed by atoms with E-state index in [9.17, 15) is 44.1 Å². The zero-order valence-electron chi connectivity index (χ0n) is 45.4. The van der Waals surface area contributed by atoms with E-state index in [1.807, 2.05) is 18.2 Å². The van der Waals surface area contributed by atoms with E-state index in [0.29, 0.717) is 90.4 Å². The first-order chi connectivity index (χ1) is 33.9. The summed E-state index contributed by atoms with van der Waals surface area (Å²) >= 11 is 0. The molecular weight excluding hydrogens is 901 g/mol. The fraction of sp³-hybridized carbons (Fsp3) is 0.810. The Labute approximate surface area is 431 Å². The van der Waals surface area contributed by atoms with E-state index >= 15 is 0 Å². The van der Waals surface area contributed by atoms with Crippen molar-refractivity contribution in [3.05, 3.63) is 34.9 Å². The van der Waals surface area contributed by atoms with Gasteiger partial charge >= 0.3 is 0 Å². The minimum atomic E-state index is -1.12. The van der Waals surface area contributed by atoms with Crippen LogP contribution in [0.3, 0.4) is 0 Å². The number of ketones is 6. The molecule has 0 aliphatic heterocycles. The third-order valence-corrected chi connectivity index (χ3v) is 25.6. The summed E-state index contributed by atoms with van der Waals surface area (Å²) < 4.78 is 0. The second-order valence-corrected chi connectivity index (χ2v) is 28.1. The first-order valence-electron chi connectivity index (χ1n) is 29.2. The van der Waals surface area contributed by atoms with E-state index in [0.717, 1.165) is 109 Å². The van der Waals surface area contributed by atoms with Crippen molar-refractivity contribution in [3.8, 4) is 0 Å². The topological polar surface area (TPSA) is 163 Å². The molecule has 9 heteroatoms. The number of aliphatic hydroxyl groups is 3. The largest absolute Gasteiger partial charge is 0.393 e. The summed E-state index contributed by atoms with van der Waals surface area (Å²) in [6.07, 6.45) is 27.6. The molecular formula is C63H90O9. The predicted molar refractivity (Wildman–Crippen MR) is 277 cm³/mol. The predicted octanol–water partition coefficient (Wildman–Crippen LogP) is 11.2. The summed E-state index contributed by atoms with van der Waals surface area (Å²) in [5, 5.41) is 31.7. The molecule has 0 radical (unpaired) electrons. The molecule has 12 aliphatic rings. The van der Waals surface area contributed by atoms with Crippen molar-refractivity contribution in [1.82, 2.24) is 0 Å². The number of carbonyl (C=O) groups is 6. The van der Waals surface area contributed by atoms with Gasteiger partial charge in [-0.1, -0.05) is 58.3 Å². The summed E-state index contributed by atoms with van der Waals surface area (Å²) in [6, 6.07) is 0. The highest BCUT2D eigenvalue weighted by molar-refractivity contribution is 5.93. The third kappa shape index (κ3) is 7.79. The van der Waals surface area contributed by atoms with E-state index in [-0.39, 0.29) is 80.3 Å². The van der Waals surface area contributed by atoms with Crippen molar-refractivity contribution in [2.45, 2.75) is 215 Å². The van der Waals surface area contributed by atoms with E-state index in [1.54, 1.807) is 13.8 Å². The minimum absolute atomic E-state index is 0.0219. The highest BCUT2D eigenvalue weighted by atomic mass is 16.3. The van der Waals surface area contributed by atoms with Crippen LogP contribution in [0, 0.1) is 97.6 Å². The van der Waals surface area contributed by atoms with Gasteiger partial charge in [-0.15, -0.1) is 0 Å². The summed E-state index contributed by atoms with van der Waals surface area (Å²) in [4.78, 5) is 72.3. The number of aliphatic hydroxyl groups excluding tert-OH is 2. The Morgan fingerprint density at radius 3 is 1.50 bits per heavy atom. The SMILES string of the molecule is CC(=O)[C@@]1(O)CC[C@H]2[C@@H]3CCC4=CC(=O)CC[C@]4(C)[C@H]3CC[C@@]21C.CC(=O)[C@H]1CC[C@H]2[C@@H]3CCC4=CC(=O)CC[C@]4(C)[C@H]3C(O)C[C@]12C.C[C@]12CC[C@H]3[C@@H](CCC4=CC(=O)CC[C@@]43C)[C@@H]1CC[C@@H]2C(=O)CO. The van der Waals surface area contributed by atoms with Crippen LogP contribution in [0.4, 0.5) is 0 Å². The Morgan fingerprint density at radius 2 is 0.972 bits per heavy atom. The number of Topliss-reactive ketones (excluding diaryl/α,β-unsaturated/α-hetero) is 3. The van der Waals surface area contributed by atoms with Crippen molar-refractivity contribution in [3.63, 3.8) is 0 Å². The molecule has 0 saturated heterocycles. The molecule has 72 heavy (non-hydrogen) atoms. The molecule has 0 amide bonds. The maximum absolute atomic E-state index is 12.3. The number of rotatable bonds is 4. The molecule has 19 atom stereocenters. The van der Waals surface area contributed by atoms with Crippen LogP contribution in [0.5, 0.6) is 0 Å². The molecule has 9 saturated carbocycles. The van der Waals surface area contributed by atoms with E-state index < -0.39 is 5.60 Å². The van der Waals surface area contributed by atoms with Crippen molar-refractivity contribution in [2.75, 3.05) is 6.61 Å². The molecule has 3 N–H and O–H groups in total. The minimum Gasteiger partial charge on any atom is -0.393 e. The van der Waals surface area contributed by atoms with Crippen LogP contribution in [0.25, 0.3) is 0 Å². The number of hydrogen-bond donors (Lipinski definition) is 3. The smallest absolute Gasteiger partial charge is 0.161 e. The van der Waals surface area contributed by atoms with Gasteiger partial charge in [-0.2, -0.15) is 0 Å². The van der Waals surface area contributed by atoms with E-state index in [2.05, 4.69) is 41.5 Å². The van der Waals surface area contributed by atoms with Gasteiger partial charge in [0.25, 0.3) is 0 Å². The lowest BCUT2D eigenvalue weighted by Crippen LogP contribution is -2.57. The summed E-state index contributed by atoms with van der Waals surface area (Å²) in [5.41, 5.74) is 3.08. The molecule has 0 aromatic carbocycles. The highest BCUT2D eigenvalue weighted by Gasteiger charge is 2.67. The first-order valence-corrected chi connectivity index (χ1v) is 29.2. The number of allylic oxidation sites excluding steroid dienone is 3. The Balaban J connectivity index is 0.000000124. The summed E-state index contributed by atoms with van der Waals surface area (Å²) in [6.45, 7) is 16.8. The average Bonchev–Trinajstić information content (AvgIpc) is 3.97. The maximum atomic E-state index is 12.3. The maximum Gasteiger partial charge on any atom is 0.161 e. The molecule has 396 valence electrons. The molecule has 9 nitrogen and oxygen atoms in total. The molecule has 12 rings (SSSR count). The van der Waals surface area contributed by atoms with E-state index in [4.69, 9.17) is 0 Å². The van der Waals surface area contributed by atoms with Gasteiger partial charge < -0.3 is 15.3 Å². The van der Waals surface area contributed by atoms with E-state index in [1.165, 1.54) is 29.6 Å². The molecule has 0 aromatic rings. The van der Waals surface area contributed by atoms with Gasteiger partial charge in [0.15, 0.2) is 28.9 Å². The van der Waals surface area contributed by atoms with Gasteiger partial charge in [-0.25, -0.2) is 0 Å². The third-order valence-electron chi connectivity index (χ3n) is 25.6. The van der Waals surface area contributed by atoms with Gasteiger partial charge in [0, 0.05) is 36.5 Å². The van der Waals surface area contributed by atoms with Gasteiger partial charge in [0.2, 0.25) is 0 Å². The van der Waals surface area contributed by atoms with Crippen molar-refractivity contribution >= 4 is 34.7 Å². The molecule has 0 heterocycles. The zero-order chi connectivity index (χ0) is 51.7.